The Morgan fingerprint density at radius 2 is 1.56 bits per heavy atom. The third-order valence-electron chi connectivity index (χ3n) is 6.30. The van der Waals surface area contributed by atoms with Gasteiger partial charge in [0.1, 0.15) is 5.82 Å². The van der Waals surface area contributed by atoms with Gasteiger partial charge < -0.3 is 4.57 Å². The fourth-order valence-electron chi connectivity index (χ4n) is 4.29. The fraction of sp³-hybridized carbons (Fsp3) is 0.179. The van der Waals surface area contributed by atoms with Crippen molar-refractivity contribution in [3.8, 4) is 5.69 Å². The molecule has 6 nitrogen and oxygen atoms in total. The molecule has 8 heteroatoms. The maximum absolute atomic E-state index is 14.5. The number of aromatic nitrogens is 4. The molecule has 3 aromatic carbocycles. The molecule has 0 spiro atoms. The third-order valence-corrected chi connectivity index (χ3v) is 6.67. The number of rotatable bonds is 6. The van der Waals surface area contributed by atoms with E-state index < -0.39 is 17.1 Å². The van der Waals surface area contributed by atoms with Gasteiger partial charge in [-0.05, 0) is 41.3 Å². The largest absolute Gasteiger partial charge is 0.337 e. The summed E-state index contributed by atoms with van der Waals surface area (Å²) in [7, 11) is 0. The van der Waals surface area contributed by atoms with Gasteiger partial charge in [-0.2, -0.15) is 0 Å². The summed E-state index contributed by atoms with van der Waals surface area (Å²) in [5.41, 5.74) is 2.07. The minimum absolute atomic E-state index is 0.207. The first-order valence-electron chi connectivity index (χ1n) is 11.6. The van der Waals surface area contributed by atoms with E-state index in [1.165, 1.54) is 17.0 Å². The molecule has 0 bridgehead atoms. The number of fused-ring (bicyclic) bond motifs is 1. The van der Waals surface area contributed by atoms with Crippen molar-refractivity contribution >= 4 is 22.8 Å². The monoisotopic (exact) mass is 502 g/mol. The van der Waals surface area contributed by atoms with Crippen LogP contribution in [0.5, 0.6) is 0 Å². The zero-order chi connectivity index (χ0) is 25.4. The van der Waals surface area contributed by atoms with Crippen LogP contribution in [0.1, 0.15) is 36.5 Å². The summed E-state index contributed by atoms with van der Waals surface area (Å²) in [6.45, 7) is 4.26. The van der Waals surface area contributed by atoms with E-state index in [4.69, 9.17) is 11.6 Å². The molecule has 5 aromatic rings. The molecule has 0 unspecified atom stereocenters. The first-order valence-corrected chi connectivity index (χ1v) is 12.0. The molecule has 0 aliphatic rings. The average molecular weight is 503 g/mol. The first kappa shape index (κ1) is 23.8. The van der Waals surface area contributed by atoms with Crippen LogP contribution in [0.2, 0.25) is 5.02 Å². The zero-order valence-corrected chi connectivity index (χ0v) is 20.6. The van der Waals surface area contributed by atoms with E-state index in [9.17, 15) is 14.0 Å². The Morgan fingerprint density at radius 3 is 2.22 bits per heavy atom. The molecule has 5 rings (SSSR count). The van der Waals surface area contributed by atoms with E-state index >= 15 is 0 Å². The van der Waals surface area contributed by atoms with Gasteiger partial charge in [0.15, 0.2) is 11.2 Å². The lowest BCUT2D eigenvalue weighted by atomic mass is 10.0. The van der Waals surface area contributed by atoms with Crippen LogP contribution >= 0.6 is 11.6 Å². The summed E-state index contributed by atoms with van der Waals surface area (Å²) in [4.78, 5) is 31.8. The number of nitrogens with zero attached hydrogens (tertiary/aromatic N) is 4. The van der Waals surface area contributed by atoms with Crippen LogP contribution in [0.25, 0.3) is 16.9 Å². The molecule has 0 radical (unpaired) electrons. The number of hydrogen-bond donors (Lipinski definition) is 0. The van der Waals surface area contributed by atoms with Gasteiger partial charge in [0.25, 0.3) is 5.56 Å². The second-order valence-electron chi connectivity index (χ2n) is 8.98. The Hall–Kier alpha value is -3.97. The smallest absolute Gasteiger partial charge is 0.320 e. The predicted molar refractivity (Wildman–Crippen MR) is 140 cm³/mol. The van der Waals surface area contributed by atoms with Crippen LogP contribution in [0, 0.1) is 5.82 Å². The third kappa shape index (κ3) is 4.27. The summed E-state index contributed by atoms with van der Waals surface area (Å²) >= 11 is 6.37. The van der Waals surface area contributed by atoms with Crippen molar-refractivity contribution in [3.63, 3.8) is 0 Å². The van der Waals surface area contributed by atoms with Gasteiger partial charge >= 0.3 is 5.69 Å². The molecule has 0 N–H and O–H groups in total. The van der Waals surface area contributed by atoms with Crippen molar-refractivity contribution in [2.45, 2.75) is 32.9 Å². The molecule has 2 heterocycles. The van der Waals surface area contributed by atoms with Crippen molar-refractivity contribution in [1.29, 1.82) is 0 Å². The molecule has 0 aliphatic carbocycles. The van der Waals surface area contributed by atoms with E-state index in [-0.39, 0.29) is 29.8 Å². The SMILES string of the molecule is CC(C)c1ccc(-n2c(=O)n(Cc3ccccc3F)c(=O)c3c2ncn3Cc2ccccc2Cl)cc1. The van der Waals surface area contributed by atoms with Crippen LogP contribution in [-0.4, -0.2) is 18.7 Å². The lowest BCUT2D eigenvalue weighted by Crippen LogP contribution is -2.40. The Bertz CT molecular complexity index is 1680. The maximum Gasteiger partial charge on any atom is 0.337 e. The summed E-state index contributed by atoms with van der Waals surface area (Å²) in [5, 5.41) is 0.559. The predicted octanol–water partition coefficient (Wildman–Crippen LogP) is 5.36. The highest BCUT2D eigenvalue weighted by atomic mass is 35.5. The van der Waals surface area contributed by atoms with E-state index in [1.54, 1.807) is 28.8 Å². The first-order chi connectivity index (χ1) is 17.3. The quantitative estimate of drug-likeness (QED) is 0.314. The van der Waals surface area contributed by atoms with Crippen LogP contribution in [-0.2, 0) is 13.1 Å². The molecule has 0 fully saturated rings. The Kier molecular flexibility index (Phi) is 6.33. The van der Waals surface area contributed by atoms with E-state index in [0.29, 0.717) is 16.6 Å². The number of benzene rings is 3. The van der Waals surface area contributed by atoms with Gasteiger partial charge in [0.05, 0.1) is 25.1 Å². The normalized spacial score (nSPS) is 11.5. The van der Waals surface area contributed by atoms with E-state index in [1.807, 2.05) is 42.5 Å². The van der Waals surface area contributed by atoms with Gasteiger partial charge in [0.2, 0.25) is 0 Å². The molecule has 0 saturated carbocycles. The van der Waals surface area contributed by atoms with Crippen molar-refractivity contribution in [1.82, 2.24) is 18.7 Å². The van der Waals surface area contributed by atoms with Gasteiger partial charge in [-0.15, -0.1) is 0 Å². The lowest BCUT2D eigenvalue weighted by Gasteiger charge is -2.14. The molecule has 2 aromatic heterocycles. The van der Waals surface area contributed by atoms with Gasteiger partial charge in [-0.3, -0.25) is 9.36 Å². The number of hydrogen-bond acceptors (Lipinski definition) is 3. The van der Waals surface area contributed by atoms with Crippen LogP contribution in [0.3, 0.4) is 0 Å². The van der Waals surface area contributed by atoms with E-state index in [2.05, 4.69) is 18.8 Å². The van der Waals surface area contributed by atoms with Gasteiger partial charge in [-0.25, -0.2) is 18.7 Å². The van der Waals surface area contributed by atoms with Crippen molar-refractivity contribution in [3.05, 3.63) is 127 Å². The van der Waals surface area contributed by atoms with Crippen LogP contribution in [0.15, 0.2) is 88.7 Å². The Labute approximate surface area is 211 Å². The van der Waals surface area contributed by atoms with Gasteiger partial charge in [-0.1, -0.05) is 74.0 Å². The second-order valence-corrected chi connectivity index (χ2v) is 9.39. The maximum atomic E-state index is 14.5. The standard InChI is InChI=1S/C28H24ClFN4O2/c1-18(2)19-11-13-22(14-12-19)34-26-25(32(17-31-26)15-20-7-3-5-9-23(20)29)27(35)33(28(34)36)16-21-8-4-6-10-24(21)30/h3-14,17-18H,15-16H2,1-2H3. The topological polar surface area (TPSA) is 61.8 Å². The molecule has 182 valence electrons. The summed E-state index contributed by atoms with van der Waals surface area (Å²) in [5.74, 6) is -0.165. The van der Waals surface area contributed by atoms with Gasteiger partial charge in [0, 0.05) is 10.6 Å². The molecule has 0 saturated heterocycles. The molecule has 0 amide bonds. The fourth-order valence-corrected chi connectivity index (χ4v) is 4.48. The molecule has 0 aliphatic heterocycles. The summed E-state index contributed by atoms with van der Waals surface area (Å²) in [6, 6.07) is 21.0. The van der Waals surface area contributed by atoms with Crippen molar-refractivity contribution in [2.75, 3.05) is 0 Å². The minimum Gasteiger partial charge on any atom is -0.320 e. The highest BCUT2D eigenvalue weighted by Gasteiger charge is 2.20. The Balaban J connectivity index is 1.76. The number of halogens is 2. The molecular weight excluding hydrogens is 479 g/mol. The highest BCUT2D eigenvalue weighted by Crippen LogP contribution is 2.21. The van der Waals surface area contributed by atoms with Crippen LogP contribution in [0.4, 0.5) is 4.39 Å². The van der Waals surface area contributed by atoms with Crippen LogP contribution < -0.4 is 11.2 Å². The minimum atomic E-state index is -0.587. The molecular formula is C28H24ClFN4O2. The summed E-state index contributed by atoms with van der Waals surface area (Å²) < 4.78 is 18.6. The van der Waals surface area contributed by atoms with E-state index in [0.717, 1.165) is 15.7 Å². The number of imidazole rings is 1. The van der Waals surface area contributed by atoms with Crippen molar-refractivity contribution < 1.29 is 4.39 Å². The highest BCUT2D eigenvalue weighted by molar-refractivity contribution is 6.31. The Morgan fingerprint density at radius 1 is 0.889 bits per heavy atom. The average Bonchev–Trinajstić information content (AvgIpc) is 3.28. The molecule has 0 atom stereocenters. The second kappa shape index (κ2) is 9.59. The summed E-state index contributed by atoms with van der Waals surface area (Å²) in [6.07, 6.45) is 1.53. The molecule has 36 heavy (non-hydrogen) atoms. The zero-order valence-electron chi connectivity index (χ0n) is 19.9. The van der Waals surface area contributed by atoms with Crippen molar-refractivity contribution in [2.24, 2.45) is 0 Å². The lowest BCUT2D eigenvalue weighted by molar-refractivity contribution is 0.586.